The first-order valence-corrected chi connectivity index (χ1v) is 10.6. The lowest BCUT2D eigenvalue weighted by Gasteiger charge is -2.43. The van der Waals surface area contributed by atoms with Crippen LogP contribution in [-0.2, 0) is 6.42 Å². The third kappa shape index (κ3) is 5.14. The summed E-state index contributed by atoms with van der Waals surface area (Å²) >= 11 is 0. The van der Waals surface area contributed by atoms with E-state index in [4.69, 9.17) is 9.26 Å². The number of aromatic nitrogens is 2. The van der Waals surface area contributed by atoms with Crippen LogP contribution in [0.15, 0.2) is 28.8 Å². The van der Waals surface area contributed by atoms with E-state index in [1.54, 1.807) is 28.9 Å². The van der Waals surface area contributed by atoms with E-state index in [2.05, 4.69) is 10.1 Å². The highest BCUT2D eigenvalue weighted by atomic mass is 19.4. The average molecular weight is 454 g/mol. The Labute approximate surface area is 182 Å². The number of carbonyl (C=O) groups excluding carboxylic acids is 1. The van der Waals surface area contributed by atoms with Gasteiger partial charge in [-0.15, -0.1) is 0 Å². The van der Waals surface area contributed by atoms with Gasteiger partial charge in [-0.3, -0.25) is 0 Å². The van der Waals surface area contributed by atoms with Gasteiger partial charge < -0.3 is 24.2 Å². The Balaban J connectivity index is 1.54. The largest absolute Gasteiger partial charge is 0.462 e. The van der Waals surface area contributed by atoms with Crippen LogP contribution in [0.4, 0.5) is 18.0 Å². The van der Waals surface area contributed by atoms with Crippen LogP contribution in [0.25, 0.3) is 0 Å². The van der Waals surface area contributed by atoms with Crippen molar-refractivity contribution < 1.29 is 32.3 Å². The lowest BCUT2D eigenvalue weighted by molar-refractivity contribution is -0.127. The quantitative estimate of drug-likeness (QED) is 0.747. The molecule has 32 heavy (non-hydrogen) atoms. The fourth-order valence-corrected chi connectivity index (χ4v) is 4.20. The smallest absolute Gasteiger partial charge is 0.393 e. The van der Waals surface area contributed by atoms with Crippen molar-refractivity contribution in [3.8, 4) is 6.01 Å². The van der Waals surface area contributed by atoms with Gasteiger partial charge in [-0.2, -0.15) is 18.2 Å². The number of halogens is 3. The zero-order valence-corrected chi connectivity index (χ0v) is 17.6. The van der Waals surface area contributed by atoms with E-state index >= 15 is 0 Å². The van der Waals surface area contributed by atoms with E-state index in [0.29, 0.717) is 32.0 Å². The van der Waals surface area contributed by atoms with Gasteiger partial charge in [-0.1, -0.05) is 24.3 Å². The monoisotopic (exact) mass is 454 g/mol. The summed E-state index contributed by atoms with van der Waals surface area (Å²) in [6, 6.07) is 6.26. The molecule has 2 aliphatic rings. The van der Waals surface area contributed by atoms with Crippen LogP contribution in [-0.4, -0.2) is 76.1 Å². The van der Waals surface area contributed by atoms with Gasteiger partial charge in [-0.05, 0) is 29.6 Å². The Bertz CT molecular complexity index is 928. The fraction of sp³-hybridized carbons (Fsp3) is 0.571. The Morgan fingerprint density at radius 1 is 1.16 bits per heavy atom. The van der Waals surface area contributed by atoms with E-state index in [-0.39, 0.29) is 42.5 Å². The van der Waals surface area contributed by atoms with Crippen molar-refractivity contribution in [2.45, 2.75) is 43.9 Å². The zero-order valence-electron chi connectivity index (χ0n) is 17.6. The van der Waals surface area contributed by atoms with Crippen LogP contribution in [0.1, 0.15) is 42.2 Å². The Kier molecular flexibility index (Phi) is 6.27. The van der Waals surface area contributed by atoms with Crippen molar-refractivity contribution >= 4 is 6.03 Å². The van der Waals surface area contributed by atoms with Crippen molar-refractivity contribution in [3.05, 3.63) is 41.3 Å². The standard InChI is InChI=1S/C21H25F3N4O4/c1-2-31-19-25-18(32-26-19)16-7-15(9-27(10-16)20(30)28-11-17(29)12-28)14-5-3-13(4-6-14)8-21(22,23)24/h3-6,15-17,29H,2,7-12H2,1H3. The summed E-state index contributed by atoms with van der Waals surface area (Å²) in [7, 11) is 0. The molecule has 11 heteroatoms. The van der Waals surface area contributed by atoms with Gasteiger partial charge in [0.15, 0.2) is 0 Å². The van der Waals surface area contributed by atoms with Crippen LogP contribution < -0.4 is 4.74 Å². The summed E-state index contributed by atoms with van der Waals surface area (Å²) in [6.07, 6.45) is -5.16. The fourth-order valence-electron chi connectivity index (χ4n) is 4.20. The average Bonchev–Trinajstić information content (AvgIpc) is 3.19. The summed E-state index contributed by atoms with van der Waals surface area (Å²) in [5, 5.41) is 13.4. The summed E-state index contributed by atoms with van der Waals surface area (Å²) in [5.74, 6) is -0.0139. The summed E-state index contributed by atoms with van der Waals surface area (Å²) in [6.45, 7) is 3.53. The van der Waals surface area contributed by atoms with Gasteiger partial charge >= 0.3 is 18.2 Å². The molecule has 0 spiro atoms. The number of urea groups is 1. The van der Waals surface area contributed by atoms with Crippen molar-refractivity contribution in [2.75, 3.05) is 32.8 Å². The minimum Gasteiger partial charge on any atom is -0.462 e. The number of ether oxygens (including phenoxy) is 1. The number of aliphatic hydroxyl groups is 1. The number of rotatable bonds is 5. The molecule has 174 valence electrons. The molecule has 2 saturated heterocycles. The number of aliphatic hydroxyl groups excluding tert-OH is 1. The SMILES string of the molecule is CCOc1noc(C2CC(c3ccc(CC(F)(F)F)cc3)CN(C(=O)N3CC(O)C3)C2)n1. The Hall–Kier alpha value is -2.82. The van der Waals surface area contributed by atoms with Crippen LogP contribution >= 0.6 is 0 Å². The first-order chi connectivity index (χ1) is 15.2. The molecule has 0 bridgehead atoms. The van der Waals surface area contributed by atoms with E-state index in [1.165, 1.54) is 12.1 Å². The number of benzene rings is 1. The molecule has 2 amide bonds. The second-order valence-corrected chi connectivity index (χ2v) is 8.26. The molecule has 0 aliphatic carbocycles. The topological polar surface area (TPSA) is 91.9 Å². The highest BCUT2D eigenvalue weighted by Gasteiger charge is 2.39. The minimum absolute atomic E-state index is 0.119. The molecule has 1 aromatic carbocycles. The maximum atomic E-state index is 12.9. The van der Waals surface area contributed by atoms with Gasteiger partial charge in [-0.25, -0.2) is 4.79 Å². The molecule has 2 unspecified atom stereocenters. The molecular weight excluding hydrogens is 429 g/mol. The van der Waals surface area contributed by atoms with E-state index < -0.39 is 18.7 Å². The molecule has 2 aromatic rings. The van der Waals surface area contributed by atoms with Gasteiger partial charge in [0.25, 0.3) is 0 Å². The molecule has 0 saturated carbocycles. The molecule has 1 N–H and O–H groups in total. The number of amides is 2. The first-order valence-electron chi connectivity index (χ1n) is 10.6. The Morgan fingerprint density at radius 3 is 2.44 bits per heavy atom. The van der Waals surface area contributed by atoms with Crippen molar-refractivity contribution in [3.63, 3.8) is 0 Å². The van der Waals surface area contributed by atoms with Crippen LogP contribution in [0.2, 0.25) is 0 Å². The number of hydrogen-bond donors (Lipinski definition) is 1. The number of nitrogens with zero attached hydrogens (tertiary/aromatic N) is 4. The lowest BCUT2D eigenvalue weighted by Crippen LogP contribution is -2.59. The second-order valence-electron chi connectivity index (χ2n) is 8.26. The van der Waals surface area contributed by atoms with Gasteiger partial charge in [0.05, 0.1) is 38.1 Å². The molecule has 2 aliphatic heterocycles. The molecule has 1 aromatic heterocycles. The summed E-state index contributed by atoms with van der Waals surface area (Å²) in [5.41, 5.74) is 1.03. The first kappa shape index (κ1) is 22.4. The van der Waals surface area contributed by atoms with Crippen LogP contribution in [0.5, 0.6) is 6.01 Å². The number of β-amino-alcohol motifs (C(OH)–C–C–N with tert-alkyl or cyclic N) is 1. The zero-order chi connectivity index (χ0) is 22.9. The number of carbonyl (C=O) groups is 1. The van der Waals surface area contributed by atoms with Crippen molar-refractivity contribution in [2.24, 2.45) is 0 Å². The van der Waals surface area contributed by atoms with Gasteiger partial charge in [0.1, 0.15) is 0 Å². The third-order valence-electron chi connectivity index (χ3n) is 5.76. The van der Waals surface area contributed by atoms with Crippen molar-refractivity contribution in [1.29, 1.82) is 0 Å². The normalized spacial score (nSPS) is 22.0. The van der Waals surface area contributed by atoms with E-state index in [1.807, 2.05) is 0 Å². The van der Waals surface area contributed by atoms with Crippen LogP contribution in [0.3, 0.4) is 0 Å². The second kappa shape index (κ2) is 8.97. The van der Waals surface area contributed by atoms with E-state index in [0.717, 1.165) is 5.56 Å². The molecule has 4 rings (SSSR count). The number of likely N-dealkylation sites (tertiary alicyclic amines) is 2. The molecule has 0 radical (unpaired) electrons. The highest BCUT2D eigenvalue weighted by molar-refractivity contribution is 5.75. The predicted molar refractivity (Wildman–Crippen MR) is 106 cm³/mol. The molecule has 2 fully saturated rings. The van der Waals surface area contributed by atoms with Gasteiger partial charge in [0, 0.05) is 19.0 Å². The Morgan fingerprint density at radius 2 is 1.81 bits per heavy atom. The molecular formula is C21H25F3N4O4. The minimum atomic E-state index is -4.27. The summed E-state index contributed by atoms with van der Waals surface area (Å²) < 4.78 is 48.7. The van der Waals surface area contributed by atoms with Gasteiger partial charge in [0.2, 0.25) is 5.89 Å². The number of hydrogen-bond acceptors (Lipinski definition) is 6. The number of piperidine rings is 1. The predicted octanol–water partition coefficient (Wildman–Crippen LogP) is 2.94. The maximum absolute atomic E-state index is 12.9. The summed E-state index contributed by atoms with van der Waals surface area (Å²) in [4.78, 5) is 20.4. The van der Waals surface area contributed by atoms with Crippen LogP contribution in [0, 0.1) is 0 Å². The third-order valence-corrected chi connectivity index (χ3v) is 5.76. The highest BCUT2D eigenvalue weighted by Crippen LogP contribution is 2.37. The molecule has 3 heterocycles. The number of alkyl halides is 3. The molecule has 2 atom stereocenters. The van der Waals surface area contributed by atoms with E-state index in [9.17, 15) is 23.1 Å². The van der Waals surface area contributed by atoms with Crippen molar-refractivity contribution in [1.82, 2.24) is 19.9 Å². The lowest BCUT2D eigenvalue weighted by atomic mass is 9.84. The molecule has 8 nitrogen and oxygen atoms in total. The maximum Gasteiger partial charge on any atom is 0.393 e.